The standard InChI is InChI=1S/C24H39N2/c1-3-5-7-8-9-10-11-15-19-24-25(20-16-6-4-2)21-22-26(24)23-17-13-12-14-18-23/h12-14,17-18,21-22H,3-11,15-16,19-20H2,1-2H3/q+1. The molecular formula is C24H39N2+. The summed E-state index contributed by atoms with van der Waals surface area (Å²) in [5, 5.41) is 0. The molecule has 0 amide bonds. The first-order valence-electron chi connectivity index (χ1n) is 11.0. The van der Waals surface area contributed by atoms with E-state index < -0.39 is 0 Å². The molecule has 0 N–H and O–H groups in total. The molecule has 2 aromatic rings. The van der Waals surface area contributed by atoms with Crippen LogP contribution in [-0.2, 0) is 13.0 Å². The third kappa shape index (κ3) is 6.97. The highest BCUT2D eigenvalue weighted by Crippen LogP contribution is 2.14. The van der Waals surface area contributed by atoms with E-state index in [2.05, 4.69) is 65.7 Å². The summed E-state index contributed by atoms with van der Waals surface area (Å²) in [5.74, 6) is 1.47. The van der Waals surface area contributed by atoms with Crippen molar-refractivity contribution in [3.05, 3.63) is 48.5 Å². The van der Waals surface area contributed by atoms with Gasteiger partial charge in [0, 0.05) is 6.42 Å². The van der Waals surface area contributed by atoms with E-state index in [0.29, 0.717) is 0 Å². The predicted octanol–water partition coefficient (Wildman–Crippen LogP) is 6.64. The number of para-hydroxylation sites is 1. The van der Waals surface area contributed by atoms with Crippen molar-refractivity contribution in [3.63, 3.8) is 0 Å². The van der Waals surface area contributed by atoms with Crippen LogP contribution in [0.5, 0.6) is 0 Å². The molecule has 1 aromatic heterocycles. The maximum absolute atomic E-state index is 2.49. The Balaban J connectivity index is 1.90. The van der Waals surface area contributed by atoms with Crippen LogP contribution in [-0.4, -0.2) is 4.57 Å². The van der Waals surface area contributed by atoms with Crippen molar-refractivity contribution in [3.8, 4) is 5.69 Å². The first kappa shape index (κ1) is 20.7. The maximum Gasteiger partial charge on any atom is 0.261 e. The summed E-state index contributed by atoms with van der Waals surface area (Å²) in [6, 6.07) is 10.8. The Hall–Kier alpha value is -1.57. The van der Waals surface area contributed by atoms with E-state index in [1.165, 1.54) is 88.6 Å². The molecule has 2 rings (SSSR count). The van der Waals surface area contributed by atoms with Gasteiger partial charge in [0.25, 0.3) is 5.82 Å². The number of hydrogen-bond acceptors (Lipinski definition) is 0. The number of hydrogen-bond donors (Lipinski definition) is 0. The van der Waals surface area contributed by atoms with Crippen LogP contribution < -0.4 is 4.57 Å². The fourth-order valence-electron chi connectivity index (χ4n) is 3.70. The summed E-state index contributed by atoms with van der Waals surface area (Å²) < 4.78 is 4.89. The van der Waals surface area contributed by atoms with Crippen LogP contribution >= 0.6 is 0 Å². The quantitative estimate of drug-likeness (QED) is 0.265. The SMILES string of the molecule is CCCCCCCCCCc1n(-c2ccccc2)cc[n+]1CCCCC. The van der Waals surface area contributed by atoms with Crippen molar-refractivity contribution in [1.82, 2.24) is 4.57 Å². The lowest BCUT2D eigenvalue weighted by molar-refractivity contribution is -0.704. The Labute approximate surface area is 161 Å². The molecule has 0 aliphatic carbocycles. The molecule has 2 heteroatoms. The zero-order chi connectivity index (χ0) is 18.5. The van der Waals surface area contributed by atoms with Crippen LogP contribution in [0.3, 0.4) is 0 Å². The summed E-state index contributed by atoms with van der Waals surface area (Å²) in [6.45, 7) is 5.72. The molecule has 0 aliphatic heterocycles. The fourth-order valence-corrected chi connectivity index (χ4v) is 3.70. The van der Waals surface area contributed by atoms with Crippen molar-refractivity contribution in [1.29, 1.82) is 0 Å². The van der Waals surface area contributed by atoms with Crippen molar-refractivity contribution in [2.45, 2.75) is 97.4 Å². The van der Waals surface area contributed by atoms with Crippen molar-refractivity contribution < 1.29 is 4.57 Å². The van der Waals surface area contributed by atoms with Crippen LogP contribution in [0.1, 0.15) is 90.3 Å². The van der Waals surface area contributed by atoms with Gasteiger partial charge in [0.15, 0.2) is 0 Å². The number of nitrogens with zero attached hydrogens (tertiary/aromatic N) is 2. The van der Waals surface area contributed by atoms with Crippen molar-refractivity contribution in [2.24, 2.45) is 0 Å². The number of rotatable bonds is 14. The van der Waals surface area contributed by atoms with Gasteiger partial charge in [-0.3, -0.25) is 0 Å². The minimum absolute atomic E-state index is 1.15. The van der Waals surface area contributed by atoms with E-state index in [1.54, 1.807) is 0 Å². The monoisotopic (exact) mass is 355 g/mol. The normalized spacial score (nSPS) is 11.2. The summed E-state index contributed by atoms with van der Waals surface area (Å²) in [4.78, 5) is 0. The summed E-state index contributed by atoms with van der Waals surface area (Å²) in [7, 11) is 0. The molecule has 2 nitrogen and oxygen atoms in total. The van der Waals surface area contributed by atoms with Gasteiger partial charge in [-0.25, -0.2) is 4.57 Å². The second-order valence-corrected chi connectivity index (χ2v) is 7.55. The van der Waals surface area contributed by atoms with E-state index in [4.69, 9.17) is 0 Å². The first-order chi connectivity index (χ1) is 12.9. The summed E-state index contributed by atoms with van der Waals surface area (Å²) in [5.41, 5.74) is 1.29. The van der Waals surface area contributed by atoms with Crippen LogP contribution in [0.2, 0.25) is 0 Å². The van der Waals surface area contributed by atoms with Crippen LogP contribution in [0.4, 0.5) is 0 Å². The Morgan fingerprint density at radius 3 is 2.04 bits per heavy atom. The highest BCUT2D eigenvalue weighted by molar-refractivity contribution is 5.31. The Morgan fingerprint density at radius 2 is 1.35 bits per heavy atom. The average Bonchev–Trinajstić information content (AvgIpc) is 3.07. The highest BCUT2D eigenvalue weighted by atomic mass is 15.1. The van der Waals surface area contributed by atoms with Gasteiger partial charge < -0.3 is 0 Å². The smallest absolute Gasteiger partial charge is 0.234 e. The number of imidazole rings is 1. The predicted molar refractivity (Wildman–Crippen MR) is 112 cm³/mol. The third-order valence-electron chi connectivity index (χ3n) is 5.30. The summed E-state index contributed by atoms with van der Waals surface area (Å²) in [6.07, 6.45) is 20.7. The Kier molecular flexibility index (Phi) is 10.2. The number of unbranched alkanes of at least 4 members (excludes halogenated alkanes) is 9. The molecule has 0 spiro atoms. The number of benzene rings is 1. The Morgan fingerprint density at radius 1 is 0.731 bits per heavy atom. The fraction of sp³-hybridized carbons (Fsp3) is 0.625. The maximum atomic E-state index is 2.49. The van der Waals surface area contributed by atoms with Gasteiger partial charge >= 0.3 is 0 Å². The van der Waals surface area contributed by atoms with Crippen LogP contribution in [0, 0.1) is 0 Å². The molecule has 0 atom stereocenters. The van der Waals surface area contributed by atoms with Gasteiger partial charge in [0.2, 0.25) is 0 Å². The van der Waals surface area contributed by atoms with Crippen molar-refractivity contribution >= 4 is 0 Å². The Bertz CT molecular complexity index is 586. The highest BCUT2D eigenvalue weighted by Gasteiger charge is 2.17. The minimum Gasteiger partial charge on any atom is -0.234 e. The van der Waals surface area contributed by atoms with Crippen molar-refractivity contribution in [2.75, 3.05) is 0 Å². The first-order valence-corrected chi connectivity index (χ1v) is 11.0. The lowest BCUT2D eigenvalue weighted by Crippen LogP contribution is -2.37. The average molecular weight is 356 g/mol. The molecule has 0 bridgehead atoms. The molecule has 1 aromatic carbocycles. The van der Waals surface area contributed by atoms with E-state index in [9.17, 15) is 0 Å². The third-order valence-corrected chi connectivity index (χ3v) is 5.30. The van der Waals surface area contributed by atoms with Gasteiger partial charge in [-0.15, -0.1) is 0 Å². The van der Waals surface area contributed by atoms with Gasteiger partial charge in [-0.1, -0.05) is 83.4 Å². The lowest BCUT2D eigenvalue weighted by Gasteiger charge is -2.06. The molecule has 0 saturated heterocycles. The largest absolute Gasteiger partial charge is 0.261 e. The van der Waals surface area contributed by atoms with Crippen LogP contribution in [0.25, 0.3) is 5.69 Å². The minimum atomic E-state index is 1.15. The lowest BCUT2D eigenvalue weighted by atomic mass is 10.1. The number of aryl methyl sites for hydroxylation is 1. The van der Waals surface area contributed by atoms with E-state index in [1.807, 2.05) is 0 Å². The molecule has 0 fully saturated rings. The van der Waals surface area contributed by atoms with Gasteiger partial charge in [-0.2, -0.15) is 4.57 Å². The van der Waals surface area contributed by atoms with E-state index in [0.717, 1.165) is 6.54 Å². The number of aromatic nitrogens is 2. The molecule has 0 radical (unpaired) electrons. The molecule has 0 unspecified atom stereocenters. The molecule has 144 valence electrons. The molecule has 0 aliphatic rings. The van der Waals surface area contributed by atoms with Gasteiger partial charge in [0.05, 0.1) is 6.54 Å². The molecule has 26 heavy (non-hydrogen) atoms. The van der Waals surface area contributed by atoms with Crippen LogP contribution in [0.15, 0.2) is 42.7 Å². The second kappa shape index (κ2) is 12.7. The van der Waals surface area contributed by atoms with E-state index in [-0.39, 0.29) is 0 Å². The van der Waals surface area contributed by atoms with Gasteiger partial charge in [0.1, 0.15) is 18.1 Å². The zero-order valence-electron chi connectivity index (χ0n) is 17.1. The summed E-state index contributed by atoms with van der Waals surface area (Å²) >= 11 is 0. The van der Waals surface area contributed by atoms with Gasteiger partial charge in [-0.05, 0) is 31.4 Å². The molecule has 0 saturated carbocycles. The topological polar surface area (TPSA) is 8.81 Å². The van der Waals surface area contributed by atoms with E-state index >= 15 is 0 Å². The molecule has 1 heterocycles. The molecular weight excluding hydrogens is 316 g/mol. The second-order valence-electron chi connectivity index (χ2n) is 7.55. The zero-order valence-corrected chi connectivity index (χ0v) is 17.1.